The zero-order chi connectivity index (χ0) is 7.14. The van der Waals surface area contributed by atoms with Crippen LogP contribution < -0.4 is 0 Å². The van der Waals surface area contributed by atoms with Gasteiger partial charge < -0.3 is 5.11 Å². The lowest BCUT2D eigenvalue weighted by atomic mass is 9.90. The Balaban J connectivity index is 1.89. The van der Waals surface area contributed by atoms with Crippen molar-refractivity contribution in [2.24, 2.45) is 23.7 Å². The van der Waals surface area contributed by atoms with E-state index >= 15 is 0 Å². The van der Waals surface area contributed by atoms with E-state index in [4.69, 9.17) is 5.11 Å². The van der Waals surface area contributed by atoms with E-state index in [1.165, 1.54) is 19.3 Å². The first kappa shape index (κ1) is 6.66. The van der Waals surface area contributed by atoms with Crippen LogP contribution in [-0.4, -0.2) is 11.7 Å². The van der Waals surface area contributed by atoms with Crippen LogP contribution >= 0.6 is 0 Å². The van der Waals surface area contributed by atoms with Crippen molar-refractivity contribution in [1.29, 1.82) is 0 Å². The molecule has 2 saturated carbocycles. The van der Waals surface area contributed by atoms with Crippen molar-refractivity contribution in [2.75, 3.05) is 6.61 Å². The maximum atomic E-state index is 8.91. The van der Waals surface area contributed by atoms with Crippen LogP contribution in [0.1, 0.15) is 26.2 Å². The molecule has 1 heteroatoms. The summed E-state index contributed by atoms with van der Waals surface area (Å²) in [5, 5.41) is 8.91. The summed E-state index contributed by atoms with van der Waals surface area (Å²) >= 11 is 0. The van der Waals surface area contributed by atoms with Crippen molar-refractivity contribution < 1.29 is 5.11 Å². The van der Waals surface area contributed by atoms with E-state index in [2.05, 4.69) is 6.92 Å². The van der Waals surface area contributed by atoms with Gasteiger partial charge in [0.15, 0.2) is 0 Å². The number of fused-ring (bicyclic) bond motifs is 1. The van der Waals surface area contributed by atoms with Gasteiger partial charge in [-0.2, -0.15) is 0 Å². The molecule has 1 N–H and O–H groups in total. The predicted octanol–water partition coefficient (Wildman–Crippen LogP) is 1.66. The summed E-state index contributed by atoms with van der Waals surface area (Å²) in [6, 6.07) is 0. The Morgan fingerprint density at radius 1 is 1.30 bits per heavy atom. The number of rotatable bonds is 1. The molecular weight excluding hydrogens is 124 g/mol. The summed E-state index contributed by atoms with van der Waals surface area (Å²) in [4.78, 5) is 0. The van der Waals surface area contributed by atoms with Gasteiger partial charge in [0.2, 0.25) is 0 Å². The SMILES string of the molecule is C[C@H]1[C@H]2C[C@@H](CO)CC[C@@H]12. The first-order valence-electron chi connectivity index (χ1n) is 4.43. The molecule has 0 aliphatic heterocycles. The second-order valence-corrected chi connectivity index (χ2v) is 4.05. The van der Waals surface area contributed by atoms with Crippen LogP contribution in [0, 0.1) is 23.7 Å². The highest BCUT2D eigenvalue weighted by Crippen LogP contribution is 2.56. The Morgan fingerprint density at radius 3 is 2.70 bits per heavy atom. The van der Waals surface area contributed by atoms with E-state index in [0.717, 1.165) is 17.8 Å². The molecule has 2 aliphatic carbocycles. The summed E-state index contributed by atoms with van der Waals surface area (Å²) in [6.45, 7) is 2.78. The van der Waals surface area contributed by atoms with Crippen LogP contribution in [0.5, 0.6) is 0 Å². The van der Waals surface area contributed by atoms with Gasteiger partial charge in [-0.15, -0.1) is 0 Å². The van der Waals surface area contributed by atoms with Crippen molar-refractivity contribution in [3.8, 4) is 0 Å². The minimum absolute atomic E-state index is 0.427. The predicted molar refractivity (Wildman–Crippen MR) is 40.6 cm³/mol. The van der Waals surface area contributed by atoms with E-state index in [1.54, 1.807) is 0 Å². The first-order valence-corrected chi connectivity index (χ1v) is 4.43. The van der Waals surface area contributed by atoms with Gasteiger partial charge in [-0.1, -0.05) is 6.92 Å². The van der Waals surface area contributed by atoms with E-state index < -0.39 is 0 Å². The lowest BCUT2D eigenvalue weighted by Gasteiger charge is -2.17. The Hall–Kier alpha value is -0.0400. The molecule has 0 aromatic carbocycles. The third kappa shape index (κ3) is 0.878. The molecule has 0 bridgehead atoms. The third-order valence-corrected chi connectivity index (χ3v) is 3.53. The Bertz CT molecular complexity index is 133. The largest absolute Gasteiger partial charge is 0.396 e. The molecule has 2 rings (SSSR count). The van der Waals surface area contributed by atoms with Crippen LogP contribution in [0.25, 0.3) is 0 Å². The zero-order valence-corrected chi connectivity index (χ0v) is 6.59. The summed E-state index contributed by atoms with van der Waals surface area (Å²) < 4.78 is 0. The fourth-order valence-corrected chi connectivity index (χ4v) is 2.60. The molecule has 58 valence electrons. The van der Waals surface area contributed by atoms with E-state index in [0.29, 0.717) is 12.5 Å². The minimum Gasteiger partial charge on any atom is -0.396 e. The molecule has 0 amide bonds. The van der Waals surface area contributed by atoms with Gasteiger partial charge >= 0.3 is 0 Å². The fourth-order valence-electron chi connectivity index (χ4n) is 2.60. The molecule has 0 saturated heterocycles. The van der Waals surface area contributed by atoms with Gasteiger partial charge in [-0.25, -0.2) is 0 Å². The Kier molecular flexibility index (Phi) is 1.48. The number of hydrogen-bond donors (Lipinski definition) is 1. The summed E-state index contributed by atoms with van der Waals surface area (Å²) in [5.41, 5.74) is 0. The van der Waals surface area contributed by atoms with E-state index in [9.17, 15) is 0 Å². The smallest absolute Gasteiger partial charge is 0.0459 e. The van der Waals surface area contributed by atoms with Crippen molar-refractivity contribution >= 4 is 0 Å². The number of aliphatic hydroxyl groups is 1. The zero-order valence-electron chi connectivity index (χ0n) is 6.59. The molecule has 1 nitrogen and oxygen atoms in total. The molecule has 0 aromatic heterocycles. The second-order valence-electron chi connectivity index (χ2n) is 4.05. The highest BCUT2D eigenvalue weighted by molar-refractivity contribution is 4.98. The average molecular weight is 140 g/mol. The quantitative estimate of drug-likeness (QED) is 0.587. The van der Waals surface area contributed by atoms with Crippen LogP contribution in [0.2, 0.25) is 0 Å². The molecular formula is C9H16O. The molecule has 0 aromatic rings. The number of hydrogen-bond acceptors (Lipinski definition) is 1. The van der Waals surface area contributed by atoms with Crippen molar-refractivity contribution in [1.82, 2.24) is 0 Å². The van der Waals surface area contributed by atoms with Gasteiger partial charge in [0.25, 0.3) is 0 Å². The first-order chi connectivity index (χ1) is 4.83. The minimum atomic E-state index is 0.427. The van der Waals surface area contributed by atoms with Crippen LogP contribution in [0.3, 0.4) is 0 Å². The summed E-state index contributed by atoms with van der Waals surface area (Å²) in [6.07, 6.45) is 3.97. The van der Waals surface area contributed by atoms with Gasteiger partial charge in [-0.3, -0.25) is 0 Å². The molecule has 10 heavy (non-hydrogen) atoms. The van der Waals surface area contributed by atoms with Crippen molar-refractivity contribution in [2.45, 2.75) is 26.2 Å². The van der Waals surface area contributed by atoms with Crippen LogP contribution in [0.15, 0.2) is 0 Å². The van der Waals surface area contributed by atoms with Crippen LogP contribution in [-0.2, 0) is 0 Å². The molecule has 0 heterocycles. The van der Waals surface area contributed by atoms with Gasteiger partial charge in [0.1, 0.15) is 0 Å². The average Bonchev–Trinajstić information content (AvgIpc) is 2.62. The molecule has 4 atom stereocenters. The Labute approximate surface area is 62.4 Å². The normalized spacial score (nSPS) is 52.2. The van der Waals surface area contributed by atoms with Gasteiger partial charge in [0, 0.05) is 6.61 Å². The monoisotopic (exact) mass is 140 g/mol. The third-order valence-electron chi connectivity index (χ3n) is 3.53. The maximum Gasteiger partial charge on any atom is 0.0459 e. The summed E-state index contributed by atoms with van der Waals surface area (Å²) in [7, 11) is 0. The second kappa shape index (κ2) is 2.23. The van der Waals surface area contributed by atoms with Gasteiger partial charge in [-0.05, 0) is 42.9 Å². The maximum absolute atomic E-state index is 8.91. The lowest BCUT2D eigenvalue weighted by molar-refractivity contribution is 0.185. The van der Waals surface area contributed by atoms with Crippen molar-refractivity contribution in [3.05, 3.63) is 0 Å². The van der Waals surface area contributed by atoms with Gasteiger partial charge in [0.05, 0.1) is 0 Å². The highest BCUT2D eigenvalue weighted by atomic mass is 16.3. The van der Waals surface area contributed by atoms with Crippen LogP contribution in [0.4, 0.5) is 0 Å². The molecule has 2 aliphatic rings. The number of aliphatic hydroxyl groups excluding tert-OH is 1. The Morgan fingerprint density at radius 2 is 2.10 bits per heavy atom. The highest BCUT2D eigenvalue weighted by Gasteiger charge is 2.49. The van der Waals surface area contributed by atoms with E-state index in [-0.39, 0.29) is 0 Å². The molecule has 2 fully saturated rings. The topological polar surface area (TPSA) is 20.2 Å². The van der Waals surface area contributed by atoms with E-state index in [1.807, 2.05) is 0 Å². The molecule has 0 spiro atoms. The fraction of sp³-hybridized carbons (Fsp3) is 1.00. The standard InChI is InChI=1S/C9H16O/c1-6-8-3-2-7(5-10)4-9(6)8/h6-10H,2-5H2,1H3/t6-,7+,8+,9-/m1/s1. The molecule has 0 unspecified atom stereocenters. The summed E-state index contributed by atoms with van der Waals surface area (Å²) in [5.74, 6) is 3.66. The lowest BCUT2D eigenvalue weighted by Crippen LogP contribution is -2.11. The molecule has 0 radical (unpaired) electrons. The van der Waals surface area contributed by atoms with Crippen molar-refractivity contribution in [3.63, 3.8) is 0 Å².